The van der Waals surface area contributed by atoms with Crippen LogP contribution in [-0.4, -0.2) is 19.3 Å². The van der Waals surface area contributed by atoms with E-state index in [0.717, 1.165) is 0 Å². The molecule has 0 aliphatic rings. The first-order valence-electron chi connectivity index (χ1n) is 2.29. The highest BCUT2D eigenvalue weighted by Gasteiger charge is 2.18. The van der Waals surface area contributed by atoms with Gasteiger partial charge in [-0.05, 0) is 9.24 Å². The molecule has 9 heteroatoms. The van der Waals surface area contributed by atoms with Gasteiger partial charge < -0.3 is 40.2 Å². The van der Waals surface area contributed by atoms with Crippen LogP contribution >= 0.6 is 84.2 Å². The zero-order valence-electron chi connectivity index (χ0n) is 5.14. The minimum Gasteiger partial charge on any atom is -0.391 e. The van der Waals surface area contributed by atoms with Crippen molar-refractivity contribution >= 4 is 93.6 Å². The lowest BCUT2D eigenvalue weighted by atomic mass is 10.9. The smallest absolute Gasteiger partial charge is 0.391 e. The van der Waals surface area contributed by atoms with Gasteiger partial charge >= 0.3 is 9.39 Å². The van der Waals surface area contributed by atoms with Crippen LogP contribution in [0.2, 0.25) is 0 Å². The minimum atomic E-state index is -2.94. The van der Waals surface area contributed by atoms with E-state index in [2.05, 4.69) is 0 Å². The summed E-state index contributed by atoms with van der Waals surface area (Å²) in [6, 6.07) is 0. The second-order valence-corrected chi connectivity index (χ2v) is 17.2. The molecule has 0 aromatic carbocycles. The predicted molar refractivity (Wildman–Crippen MR) is 65.4 cm³/mol. The van der Waals surface area contributed by atoms with Gasteiger partial charge in [-0.1, -0.05) is 34.8 Å². The zero-order valence-corrected chi connectivity index (χ0v) is 13.0. The van der Waals surface area contributed by atoms with Crippen LogP contribution in [-0.2, 0) is 0 Å². The number of alkyl halides is 3. The topological polar surface area (TPSA) is 0 Å². The number of rotatable bonds is 0. The molecule has 0 saturated carbocycles. The zero-order chi connectivity index (χ0) is 9.71. The monoisotopic (exact) mass is 332 g/mol. The third-order valence-corrected chi connectivity index (χ3v) is 2.55. The van der Waals surface area contributed by atoms with E-state index in [9.17, 15) is 0 Å². The lowest BCUT2D eigenvalue weighted by Crippen LogP contribution is -2.00. The van der Waals surface area contributed by atoms with E-state index in [0.29, 0.717) is 6.16 Å². The molecule has 0 N–H and O–H groups in total. The normalized spacial score (nSPS) is 12.3. The van der Waals surface area contributed by atoms with Gasteiger partial charge in [0.05, 0.1) is 6.16 Å². The first kappa shape index (κ1) is 16.4. The maximum atomic E-state index is 5.26. The summed E-state index contributed by atoms with van der Waals surface area (Å²) in [5.41, 5.74) is 0. The molecule has 0 bridgehead atoms. The Labute approximate surface area is 102 Å². The Morgan fingerprint density at radius 1 is 1.00 bits per heavy atom. The Morgan fingerprint density at radius 3 is 1.09 bits per heavy atom. The summed E-state index contributed by atoms with van der Waals surface area (Å²) >= 11 is 15.8. The fourth-order valence-corrected chi connectivity index (χ4v) is 0. The van der Waals surface area contributed by atoms with Crippen molar-refractivity contribution in [1.29, 1.82) is 0 Å². The number of hydrogen-bond donors (Lipinski definition) is 0. The molecule has 0 rings (SSSR count). The van der Waals surface area contributed by atoms with E-state index in [1.807, 2.05) is 0 Å². The lowest BCUT2D eigenvalue weighted by molar-refractivity contribution is 1.29. The maximum Gasteiger partial charge on any atom is 0.564 e. The van der Waals surface area contributed by atoms with Gasteiger partial charge in [-0.25, -0.2) is 0 Å². The fraction of sp³-hybridized carbons (Fsp3) is 1.00. The van der Waals surface area contributed by atoms with E-state index < -0.39 is 13.2 Å². The molecule has 0 nitrogen and oxygen atoms in total. The second kappa shape index (κ2) is 7.31. The molecule has 0 aromatic heterocycles. The molecule has 70 valence electrons. The number of halogens is 7. The second-order valence-electron chi connectivity index (χ2n) is 1.36. The summed E-state index contributed by atoms with van der Waals surface area (Å²) in [4.78, 5) is 0. The molecule has 0 heterocycles. The molecule has 0 aliphatic heterocycles. The van der Waals surface area contributed by atoms with Crippen LogP contribution in [0, 0.1) is 0 Å². The van der Waals surface area contributed by atoms with Gasteiger partial charge in [-0.15, -0.1) is 0 Å². The Balaban J connectivity index is 0. The van der Waals surface area contributed by atoms with Gasteiger partial charge in [0.2, 0.25) is 3.79 Å². The van der Waals surface area contributed by atoms with E-state index in [1.54, 1.807) is 9.24 Å². The van der Waals surface area contributed by atoms with Crippen molar-refractivity contribution in [2.24, 2.45) is 0 Å². The first-order chi connectivity index (χ1) is 4.56. The van der Waals surface area contributed by atoms with Gasteiger partial charge in [-0.2, -0.15) is 0 Å². The van der Waals surface area contributed by atoms with Crippen LogP contribution < -0.4 is 0 Å². The Bertz CT molecular complexity index is 87.6. The summed E-state index contributed by atoms with van der Waals surface area (Å²) < 4.78 is -1.03. The highest BCUT2D eigenvalue weighted by molar-refractivity contribution is 7.81. The molecule has 0 saturated heterocycles. The van der Waals surface area contributed by atoms with Crippen molar-refractivity contribution < 1.29 is 0 Å². The molecule has 0 amide bonds. The highest BCUT2D eigenvalue weighted by Crippen LogP contribution is 2.27. The first-order valence-corrected chi connectivity index (χ1v) is 11.4. The standard InChI is InChI=1S/C2H4Cl3P.Al.4ClH/c3-2(4,5)1-6;;;;;/h1,6H2;;4*1H/q;+3;;;;/p-3. The average molecular weight is 335 g/mol. The van der Waals surface area contributed by atoms with Gasteiger partial charge in [-0.3, -0.25) is 0 Å². The van der Waals surface area contributed by atoms with Crippen LogP contribution in [0.4, 0.5) is 0 Å². The minimum absolute atomic E-state index is 0.595. The van der Waals surface area contributed by atoms with E-state index in [4.69, 9.17) is 75.0 Å². The molecule has 0 aliphatic carbocycles. The molecule has 0 radical (unpaired) electrons. The molecule has 11 heavy (non-hydrogen) atoms. The van der Waals surface area contributed by atoms with Crippen LogP contribution in [0.1, 0.15) is 0 Å². The van der Waals surface area contributed by atoms with Crippen LogP contribution in [0.3, 0.4) is 0 Å². The Hall–Kier alpha value is 2.99. The fourth-order valence-electron chi connectivity index (χ4n) is 0. The SMILES string of the molecule is [Cl][Al-]([Cl])([Cl])[Cl].[PH3+]CC(Cl)(Cl)Cl. The maximum absolute atomic E-state index is 5.26. The van der Waals surface area contributed by atoms with E-state index in [-0.39, 0.29) is 0 Å². The quantitative estimate of drug-likeness (QED) is 0.351. The van der Waals surface area contributed by atoms with Crippen molar-refractivity contribution in [3.8, 4) is 0 Å². The van der Waals surface area contributed by atoms with E-state index >= 15 is 0 Å². The summed E-state index contributed by atoms with van der Waals surface area (Å²) in [6.45, 7) is 0. The third-order valence-electron chi connectivity index (χ3n) is 0.283. The molecular weight excluding hydrogens is 330 g/mol. The third kappa shape index (κ3) is 43.7. The predicted octanol–water partition coefficient (Wildman–Crippen LogP) is 4.34. The molecule has 0 fully saturated rings. The van der Waals surface area contributed by atoms with E-state index in [1.165, 1.54) is 0 Å². The van der Waals surface area contributed by atoms with Crippen molar-refractivity contribution in [2.45, 2.75) is 3.79 Å². The largest absolute Gasteiger partial charge is 0.564 e. The molecule has 0 aromatic rings. The Morgan fingerprint density at radius 2 is 1.09 bits per heavy atom. The van der Waals surface area contributed by atoms with Crippen molar-refractivity contribution in [3.63, 3.8) is 0 Å². The van der Waals surface area contributed by atoms with Crippen molar-refractivity contribution in [3.05, 3.63) is 0 Å². The summed E-state index contributed by atoms with van der Waals surface area (Å²) in [5, 5.41) is 0. The number of hydrogen-bond acceptors (Lipinski definition) is 0. The summed E-state index contributed by atoms with van der Waals surface area (Å²) in [7, 11) is 18.7. The van der Waals surface area contributed by atoms with Crippen LogP contribution in [0.5, 0.6) is 0 Å². The van der Waals surface area contributed by atoms with Crippen molar-refractivity contribution in [1.82, 2.24) is 0 Å². The summed E-state index contributed by atoms with van der Waals surface area (Å²) in [5.74, 6) is 0. The van der Waals surface area contributed by atoms with Crippen molar-refractivity contribution in [2.75, 3.05) is 6.16 Å². The lowest BCUT2D eigenvalue weighted by Gasteiger charge is -1.98. The van der Waals surface area contributed by atoms with Gasteiger partial charge in [0.1, 0.15) is 0 Å². The summed E-state index contributed by atoms with van der Waals surface area (Å²) in [6.07, 6.45) is 0.595. The van der Waals surface area contributed by atoms with Gasteiger partial charge in [0.25, 0.3) is 0 Å². The van der Waals surface area contributed by atoms with Gasteiger partial charge in [0.15, 0.2) is 0 Å². The van der Waals surface area contributed by atoms with Crippen LogP contribution in [0.25, 0.3) is 0 Å². The van der Waals surface area contributed by atoms with Crippen LogP contribution in [0.15, 0.2) is 0 Å². The molecule has 1 atom stereocenters. The molecule has 0 spiro atoms. The molecular formula is C2H5AlCl7P. The average Bonchev–Trinajstić information content (AvgIpc) is 1.59. The molecule has 1 unspecified atom stereocenters. The Kier molecular flexibility index (Phi) is 10.9. The van der Waals surface area contributed by atoms with Gasteiger partial charge in [0, 0.05) is 0 Å². The highest BCUT2D eigenvalue weighted by atomic mass is 35.9.